The highest BCUT2D eigenvalue weighted by Gasteiger charge is 2.31. The number of aromatic hydroxyl groups is 1. The minimum atomic E-state index is -0.973. The van der Waals surface area contributed by atoms with E-state index < -0.39 is 29.1 Å². The maximum atomic E-state index is 12.9. The molecule has 1 aliphatic heterocycles. The van der Waals surface area contributed by atoms with Crippen LogP contribution < -0.4 is 11.3 Å². The Labute approximate surface area is 197 Å². The molecule has 4 N–H and O–H groups in total. The van der Waals surface area contributed by atoms with E-state index in [1.54, 1.807) is 19.2 Å². The van der Waals surface area contributed by atoms with Crippen LogP contribution in [-0.4, -0.2) is 49.4 Å². The largest absolute Gasteiger partial charge is 0.501 e. The minimum absolute atomic E-state index is 0.00624. The molecule has 0 spiro atoms. The van der Waals surface area contributed by atoms with Crippen molar-refractivity contribution in [1.29, 1.82) is 0 Å². The minimum Gasteiger partial charge on any atom is -0.501 e. The molecule has 1 amide bonds. The molecular weight excluding hydrogens is 440 g/mol. The zero-order valence-corrected chi connectivity index (χ0v) is 19.2. The summed E-state index contributed by atoms with van der Waals surface area (Å²) in [6, 6.07) is 6.58. The lowest BCUT2D eigenvalue weighted by molar-refractivity contribution is -0.137. The van der Waals surface area contributed by atoms with Gasteiger partial charge in [-0.1, -0.05) is 18.2 Å². The summed E-state index contributed by atoms with van der Waals surface area (Å²) in [7, 11) is 1.59. The number of carbonyl (C=O) groups excluding carboxylic acids is 2. The molecule has 10 nitrogen and oxygen atoms in total. The molecule has 2 aromatic rings. The number of carboxylic acid groups (broad SMARTS) is 1. The number of fused-ring (bicyclic) bond motifs is 1. The van der Waals surface area contributed by atoms with E-state index in [-0.39, 0.29) is 43.1 Å². The van der Waals surface area contributed by atoms with Gasteiger partial charge in [0, 0.05) is 38.5 Å². The number of aryl methyl sites for hydroxylation is 1. The van der Waals surface area contributed by atoms with Gasteiger partial charge in [-0.25, -0.2) is 4.98 Å². The van der Waals surface area contributed by atoms with Crippen molar-refractivity contribution >= 4 is 23.3 Å². The molecule has 0 radical (unpaired) electrons. The summed E-state index contributed by atoms with van der Waals surface area (Å²) in [5.74, 6) is -2.16. The number of Topliss-reactive ketones (excluding diaryl/α,β-unsaturated/α-hetero) is 1. The number of ketones is 1. The highest BCUT2D eigenvalue weighted by molar-refractivity contribution is 5.96. The molecule has 3 rings (SSSR count). The fourth-order valence-electron chi connectivity index (χ4n) is 4.20. The number of rotatable bonds is 9. The molecule has 2 heterocycles. The van der Waals surface area contributed by atoms with Crippen LogP contribution in [-0.2, 0) is 22.6 Å². The van der Waals surface area contributed by atoms with Gasteiger partial charge in [0.2, 0.25) is 11.7 Å². The summed E-state index contributed by atoms with van der Waals surface area (Å²) in [6.45, 7) is 0.321. The van der Waals surface area contributed by atoms with Crippen LogP contribution in [0.1, 0.15) is 72.9 Å². The number of aromatic nitrogens is 2. The van der Waals surface area contributed by atoms with Crippen LogP contribution in [0.25, 0.3) is 0 Å². The van der Waals surface area contributed by atoms with Crippen LogP contribution in [0.2, 0.25) is 0 Å². The Bertz CT molecular complexity index is 1140. The van der Waals surface area contributed by atoms with Crippen molar-refractivity contribution in [3.63, 3.8) is 0 Å². The van der Waals surface area contributed by atoms with Crippen LogP contribution in [0, 0.1) is 0 Å². The van der Waals surface area contributed by atoms with E-state index in [1.807, 2.05) is 12.1 Å². The quantitative estimate of drug-likeness (QED) is 0.372. The maximum Gasteiger partial charge on any atom is 0.303 e. The van der Waals surface area contributed by atoms with Crippen molar-refractivity contribution in [1.82, 2.24) is 14.5 Å². The lowest BCUT2D eigenvalue weighted by Crippen LogP contribution is -2.36. The zero-order chi connectivity index (χ0) is 24.8. The average Bonchev–Trinajstić information content (AvgIpc) is 3.02. The smallest absolute Gasteiger partial charge is 0.303 e. The lowest BCUT2D eigenvalue weighted by Gasteiger charge is -2.28. The van der Waals surface area contributed by atoms with Crippen molar-refractivity contribution in [2.45, 2.75) is 64.0 Å². The molecule has 0 saturated carbocycles. The summed E-state index contributed by atoms with van der Waals surface area (Å²) in [4.78, 5) is 55.2. The van der Waals surface area contributed by atoms with Crippen molar-refractivity contribution in [3.05, 3.63) is 51.7 Å². The number of nitrogen functional groups attached to an aromatic ring is 1. The van der Waals surface area contributed by atoms with Crippen molar-refractivity contribution in [2.24, 2.45) is 0 Å². The van der Waals surface area contributed by atoms with Crippen molar-refractivity contribution < 1.29 is 24.6 Å². The van der Waals surface area contributed by atoms with E-state index in [0.29, 0.717) is 31.5 Å². The second kappa shape index (κ2) is 11.0. The number of anilines is 1. The Morgan fingerprint density at radius 3 is 2.62 bits per heavy atom. The summed E-state index contributed by atoms with van der Waals surface area (Å²) in [6.07, 6.45) is 2.38. The fourth-order valence-corrected chi connectivity index (χ4v) is 4.20. The molecule has 1 aliphatic rings. The second-order valence-corrected chi connectivity index (χ2v) is 8.51. The first kappa shape index (κ1) is 24.9. The monoisotopic (exact) mass is 470 g/mol. The summed E-state index contributed by atoms with van der Waals surface area (Å²) < 4.78 is 1.33. The second-order valence-electron chi connectivity index (χ2n) is 8.51. The first-order valence-corrected chi connectivity index (χ1v) is 11.4. The van der Waals surface area contributed by atoms with Gasteiger partial charge >= 0.3 is 5.97 Å². The predicted molar refractivity (Wildman–Crippen MR) is 125 cm³/mol. The standard InChI is InChI=1S/C24H30N4O6/c1-27(19(30)10-6-11-20(31)32)17-9-4-5-14-28-23(17)26-21(22(33)24(28)34)18(29)13-12-15-7-2-3-8-16(15)25/h2-3,7-8,17,33H,4-6,9-14,25H2,1H3,(H,31,32). The molecule has 10 heteroatoms. The van der Waals surface area contributed by atoms with Gasteiger partial charge in [0.15, 0.2) is 11.5 Å². The third-order valence-electron chi connectivity index (χ3n) is 6.17. The number of hydrogen-bond donors (Lipinski definition) is 3. The topological polar surface area (TPSA) is 156 Å². The van der Waals surface area contributed by atoms with E-state index in [9.17, 15) is 24.3 Å². The van der Waals surface area contributed by atoms with Crippen LogP contribution in [0.3, 0.4) is 0 Å². The van der Waals surface area contributed by atoms with Gasteiger partial charge in [-0.3, -0.25) is 23.7 Å². The molecule has 0 bridgehead atoms. The first-order valence-electron chi connectivity index (χ1n) is 11.4. The van der Waals surface area contributed by atoms with E-state index in [2.05, 4.69) is 4.98 Å². The highest BCUT2D eigenvalue weighted by Crippen LogP contribution is 2.29. The Morgan fingerprint density at radius 1 is 1.18 bits per heavy atom. The van der Waals surface area contributed by atoms with E-state index in [1.165, 1.54) is 9.47 Å². The van der Waals surface area contributed by atoms with Gasteiger partial charge in [-0.15, -0.1) is 0 Å². The van der Waals surface area contributed by atoms with Gasteiger partial charge in [0.1, 0.15) is 5.82 Å². The number of nitrogens with zero attached hydrogens (tertiary/aromatic N) is 3. The SMILES string of the molecule is CN(C(=O)CCCC(=O)O)C1CCCCn2c1nc(C(=O)CCc1ccccc1N)c(O)c2=O. The summed E-state index contributed by atoms with van der Waals surface area (Å²) in [5, 5.41) is 19.3. The Kier molecular flexibility index (Phi) is 8.04. The van der Waals surface area contributed by atoms with Gasteiger partial charge in [-0.05, 0) is 43.7 Å². The summed E-state index contributed by atoms with van der Waals surface area (Å²) >= 11 is 0. The molecule has 1 atom stereocenters. The first-order chi connectivity index (χ1) is 16.2. The maximum absolute atomic E-state index is 12.9. The fraction of sp³-hybridized carbons (Fsp3) is 0.458. The third kappa shape index (κ3) is 5.62. The molecule has 0 fully saturated rings. The predicted octanol–water partition coefficient (Wildman–Crippen LogP) is 2.28. The number of amides is 1. The molecule has 1 unspecified atom stereocenters. The average molecular weight is 471 g/mol. The highest BCUT2D eigenvalue weighted by atomic mass is 16.4. The number of benzene rings is 1. The lowest BCUT2D eigenvalue weighted by atomic mass is 10.0. The number of aliphatic carboxylic acids is 1. The van der Waals surface area contributed by atoms with Crippen molar-refractivity contribution in [2.75, 3.05) is 12.8 Å². The van der Waals surface area contributed by atoms with Gasteiger partial charge < -0.3 is 20.8 Å². The van der Waals surface area contributed by atoms with Crippen LogP contribution in [0.15, 0.2) is 29.1 Å². The van der Waals surface area contributed by atoms with Gasteiger partial charge in [-0.2, -0.15) is 0 Å². The molecule has 34 heavy (non-hydrogen) atoms. The third-order valence-corrected chi connectivity index (χ3v) is 6.17. The Hall–Kier alpha value is -3.69. The van der Waals surface area contributed by atoms with Gasteiger partial charge in [0.05, 0.1) is 6.04 Å². The van der Waals surface area contributed by atoms with E-state index >= 15 is 0 Å². The van der Waals surface area contributed by atoms with Crippen LogP contribution >= 0.6 is 0 Å². The molecule has 0 saturated heterocycles. The number of carboxylic acids is 1. The number of hydrogen-bond acceptors (Lipinski definition) is 7. The van der Waals surface area contributed by atoms with Crippen LogP contribution in [0.4, 0.5) is 5.69 Å². The molecule has 0 aliphatic carbocycles. The number of nitrogens with two attached hydrogens (primary N) is 1. The zero-order valence-electron chi connectivity index (χ0n) is 19.2. The Balaban J connectivity index is 1.88. The van der Waals surface area contributed by atoms with Gasteiger partial charge in [0.25, 0.3) is 5.56 Å². The molecule has 1 aromatic carbocycles. The van der Waals surface area contributed by atoms with E-state index in [4.69, 9.17) is 10.8 Å². The molecular formula is C24H30N4O6. The molecule has 182 valence electrons. The van der Waals surface area contributed by atoms with Crippen molar-refractivity contribution in [3.8, 4) is 5.75 Å². The van der Waals surface area contributed by atoms with Crippen LogP contribution in [0.5, 0.6) is 5.75 Å². The summed E-state index contributed by atoms with van der Waals surface area (Å²) in [5.41, 5.74) is 6.27. The number of carbonyl (C=O) groups is 3. The molecule has 1 aromatic heterocycles. The normalized spacial score (nSPS) is 15.3. The number of para-hydroxylation sites is 1. The Morgan fingerprint density at radius 2 is 1.91 bits per heavy atom. The van der Waals surface area contributed by atoms with E-state index in [0.717, 1.165) is 12.0 Å².